The molecule has 3 heterocycles. The van der Waals surface area contributed by atoms with Crippen LogP contribution in [-0.4, -0.2) is 32.6 Å². The van der Waals surface area contributed by atoms with Gasteiger partial charge in [0, 0.05) is 24.5 Å². The number of nitrogens with zero attached hydrogens (tertiary/aromatic N) is 4. The number of benzene rings is 1. The number of aromatic nitrogens is 4. The van der Waals surface area contributed by atoms with Crippen molar-refractivity contribution in [1.29, 1.82) is 0 Å². The Kier molecular flexibility index (Phi) is 5.08. The van der Waals surface area contributed by atoms with Gasteiger partial charge in [-0.05, 0) is 48.9 Å². The molecule has 0 saturated heterocycles. The number of imidazole rings is 1. The van der Waals surface area contributed by atoms with Crippen LogP contribution in [0.15, 0.2) is 41.1 Å². The molecule has 4 aromatic rings. The summed E-state index contributed by atoms with van der Waals surface area (Å²) in [6.45, 7) is 1.73. The Hall–Kier alpha value is -3.75. The normalized spacial score (nSPS) is 13.5. The lowest BCUT2D eigenvalue weighted by Gasteiger charge is -2.11. The zero-order valence-corrected chi connectivity index (χ0v) is 17.8. The van der Waals surface area contributed by atoms with E-state index in [2.05, 4.69) is 32.8 Å². The molecule has 1 amide bonds. The molecule has 0 unspecified atom stereocenters. The molecule has 32 heavy (non-hydrogen) atoms. The van der Waals surface area contributed by atoms with Crippen LogP contribution in [0.4, 0.5) is 4.39 Å². The van der Waals surface area contributed by atoms with Gasteiger partial charge in [0.1, 0.15) is 5.65 Å². The van der Waals surface area contributed by atoms with E-state index in [1.807, 2.05) is 16.7 Å². The second-order valence-electron chi connectivity index (χ2n) is 7.97. The predicted molar refractivity (Wildman–Crippen MR) is 113 cm³/mol. The number of pyridine rings is 1. The zero-order chi connectivity index (χ0) is 22.2. The first-order chi connectivity index (χ1) is 15.5. The molecule has 0 spiro atoms. The Balaban J connectivity index is 1.26. The molecule has 8 nitrogen and oxygen atoms in total. The van der Waals surface area contributed by atoms with Gasteiger partial charge in [-0.25, -0.2) is 9.37 Å². The summed E-state index contributed by atoms with van der Waals surface area (Å²) in [7, 11) is 1.39. The molecule has 1 saturated carbocycles. The van der Waals surface area contributed by atoms with Gasteiger partial charge in [0.25, 0.3) is 0 Å². The number of ether oxygens (including phenoxy) is 1. The molecule has 1 aliphatic rings. The third-order valence-corrected chi connectivity index (χ3v) is 5.65. The van der Waals surface area contributed by atoms with Gasteiger partial charge in [0.05, 0.1) is 19.2 Å². The summed E-state index contributed by atoms with van der Waals surface area (Å²) in [6.07, 6.45) is 6.83. The highest BCUT2D eigenvalue weighted by atomic mass is 19.1. The highest BCUT2D eigenvalue weighted by Gasteiger charge is 2.24. The molecule has 0 aliphatic heterocycles. The Labute approximate surface area is 183 Å². The van der Waals surface area contributed by atoms with E-state index in [0.29, 0.717) is 23.5 Å². The average molecular weight is 435 g/mol. The molecule has 1 fully saturated rings. The Bertz CT molecular complexity index is 1310. The van der Waals surface area contributed by atoms with Crippen LogP contribution < -0.4 is 10.1 Å². The molecule has 164 valence electrons. The largest absolute Gasteiger partial charge is 0.494 e. The maximum Gasteiger partial charge on any atom is 0.309 e. The van der Waals surface area contributed by atoms with Crippen molar-refractivity contribution in [3.8, 4) is 5.75 Å². The summed E-state index contributed by atoms with van der Waals surface area (Å²) in [4.78, 5) is 17.0. The minimum atomic E-state index is -0.575. The van der Waals surface area contributed by atoms with Gasteiger partial charge in [-0.15, -0.1) is 10.2 Å². The second-order valence-corrected chi connectivity index (χ2v) is 7.97. The fourth-order valence-electron chi connectivity index (χ4n) is 3.69. The number of fused-ring (bicyclic) bond motifs is 1. The highest BCUT2D eigenvalue weighted by molar-refractivity contribution is 5.89. The van der Waals surface area contributed by atoms with E-state index in [1.54, 1.807) is 19.1 Å². The summed E-state index contributed by atoms with van der Waals surface area (Å²) in [6, 6.07) is 7.40. The van der Waals surface area contributed by atoms with Gasteiger partial charge in [0.2, 0.25) is 5.89 Å². The average Bonchev–Trinajstić information content (AvgIpc) is 3.40. The van der Waals surface area contributed by atoms with Crippen LogP contribution in [0.1, 0.15) is 57.7 Å². The molecule has 5 rings (SSSR count). The Morgan fingerprint density at radius 2 is 2.09 bits per heavy atom. The van der Waals surface area contributed by atoms with Crippen molar-refractivity contribution in [2.24, 2.45) is 0 Å². The molecule has 3 aromatic heterocycles. The van der Waals surface area contributed by atoms with Crippen LogP contribution in [-0.2, 0) is 13.0 Å². The monoisotopic (exact) mass is 435 g/mol. The summed E-state index contributed by atoms with van der Waals surface area (Å²) in [5.74, 6) is -0.191. The van der Waals surface area contributed by atoms with Gasteiger partial charge >= 0.3 is 11.8 Å². The van der Waals surface area contributed by atoms with Crippen LogP contribution in [0.5, 0.6) is 5.75 Å². The SMILES string of the molecule is COc1ccc(C)c(CNC(=O)c2nnc(Cc3cn4cc(C5CC5)ccc4n3)o2)c1F. The minimum Gasteiger partial charge on any atom is -0.494 e. The number of carbonyl (C=O) groups is 1. The number of halogens is 1. The molecular formula is C23H22FN5O3. The van der Waals surface area contributed by atoms with E-state index in [9.17, 15) is 9.18 Å². The molecule has 0 radical (unpaired) electrons. The van der Waals surface area contributed by atoms with Crippen LogP contribution >= 0.6 is 0 Å². The number of hydrogen-bond donors (Lipinski definition) is 1. The first-order valence-electron chi connectivity index (χ1n) is 10.4. The Morgan fingerprint density at radius 3 is 2.88 bits per heavy atom. The van der Waals surface area contributed by atoms with E-state index < -0.39 is 11.7 Å². The standard InChI is InChI=1S/C23H22FN5O3/c1-13-3-7-18(31-2)21(24)17(13)10-25-22(30)23-28-27-20(32-23)9-16-12-29-11-15(14-4-5-14)6-8-19(29)26-16/h3,6-8,11-12,14H,4-5,9-10H2,1-2H3,(H,25,30). The van der Waals surface area contributed by atoms with Crippen LogP contribution in [0, 0.1) is 12.7 Å². The van der Waals surface area contributed by atoms with Gasteiger partial charge in [-0.1, -0.05) is 12.1 Å². The topological polar surface area (TPSA) is 94.5 Å². The van der Waals surface area contributed by atoms with Crippen LogP contribution in [0.25, 0.3) is 5.65 Å². The first-order valence-corrected chi connectivity index (χ1v) is 10.4. The molecule has 1 N–H and O–H groups in total. The molecular weight excluding hydrogens is 413 g/mol. The predicted octanol–water partition coefficient (Wildman–Crippen LogP) is 3.57. The van der Waals surface area contributed by atoms with Crippen molar-refractivity contribution < 1.29 is 18.3 Å². The Morgan fingerprint density at radius 1 is 1.25 bits per heavy atom. The molecule has 0 atom stereocenters. The molecule has 0 bridgehead atoms. The lowest BCUT2D eigenvalue weighted by molar-refractivity contribution is 0.0914. The third-order valence-electron chi connectivity index (χ3n) is 5.65. The van der Waals surface area contributed by atoms with Crippen molar-refractivity contribution in [2.45, 2.75) is 38.6 Å². The smallest absolute Gasteiger partial charge is 0.309 e. The second kappa shape index (κ2) is 8.07. The van der Waals surface area contributed by atoms with Crippen molar-refractivity contribution in [3.63, 3.8) is 0 Å². The maximum atomic E-state index is 14.5. The fourth-order valence-corrected chi connectivity index (χ4v) is 3.69. The van der Waals surface area contributed by atoms with Crippen LogP contribution in [0.3, 0.4) is 0 Å². The highest BCUT2D eigenvalue weighted by Crippen LogP contribution is 2.39. The summed E-state index contributed by atoms with van der Waals surface area (Å²) in [5.41, 5.74) is 3.97. The van der Waals surface area contributed by atoms with Crippen LogP contribution in [0.2, 0.25) is 0 Å². The van der Waals surface area contributed by atoms with E-state index in [4.69, 9.17) is 9.15 Å². The number of nitrogens with one attached hydrogen (secondary N) is 1. The van der Waals surface area contributed by atoms with Gasteiger partial charge in [-0.3, -0.25) is 4.79 Å². The van der Waals surface area contributed by atoms with Crippen molar-refractivity contribution >= 4 is 11.6 Å². The minimum absolute atomic E-state index is 0.0266. The first kappa shape index (κ1) is 20.2. The zero-order valence-electron chi connectivity index (χ0n) is 17.8. The summed E-state index contributed by atoms with van der Waals surface area (Å²) < 4.78 is 27.0. The third kappa shape index (κ3) is 3.93. The van der Waals surface area contributed by atoms with Gasteiger partial charge < -0.3 is 18.9 Å². The maximum absolute atomic E-state index is 14.5. The van der Waals surface area contributed by atoms with E-state index >= 15 is 0 Å². The number of hydrogen-bond acceptors (Lipinski definition) is 6. The fraction of sp³-hybridized carbons (Fsp3) is 0.304. The van der Waals surface area contributed by atoms with E-state index in [0.717, 1.165) is 11.3 Å². The van der Waals surface area contributed by atoms with Crippen molar-refractivity contribution in [1.82, 2.24) is 24.9 Å². The number of amides is 1. The summed E-state index contributed by atoms with van der Waals surface area (Å²) >= 11 is 0. The number of carbonyl (C=O) groups excluding carboxylic acids is 1. The quantitative estimate of drug-likeness (QED) is 0.477. The van der Waals surface area contributed by atoms with E-state index in [1.165, 1.54) is 25.5 Å². The molecule has 1 aliphatic carbocycles. The number of methoxy groups -OCH3 is 1. The van der Waals surface area contributed by atoms with Crippen molar-refractivity contribution in [3.05, 3.63) is 76.6 Å². The lowest BCUT2D eigenvalue weighted by atomic mass is 10.1. The molecule has 1 aromatic carbocycles. The van der Waals surface area contributed by atoms with Crippen molar-refractivity contribution in [2.75, 3.05) is 7.11 Å². The summed E-state index contributed by atoms with van der Waals surface area (Å²) in [5, 5.41) is 10.4. The van der Waals surface area contributed by atoms with Gasteiger partial charge in [-0.2, -0.15) is 0 Å². The number of rotatable bonds is 7. The van der Waals surface area contributed by atoms with Gasteiger partial charge in [0.15, 0.2) is 11.6 Å². The lowest BCUT2D eigenvalue weighted by Crippen LogP contribution is -2.24. The number of aryl methyl sites for hydroxylation is 1. The van der Waals surface area contributed by atoms with E-state index in [-0.39, 0.29) is 24.1 Å². The molecule has 9 heteroatoms.